The highest BCUT2D eigenvalue weighted by molar-refractivity contribution is 5.98. The zero-order chi connectivity index (χ0) is 15.5. The van der Waals surface area contributed by atoms with Gasteiger partial charge in [-0.05, 0) is 44.4 Å². The largest absolute Gasteiger partial charge is 0.454 e. The average Bonchev–Trinajstić information content (AvgIpc) is 3.02. The second kappa shape index (κ2) is 6.25. The number of likely N-dealkylation sites (tertiary alicyclic amines) is 1. The van der Waals surface area contributed by atoms with Crippen LogP contribution in [0.4, 0.5) is 0 Å². The summed E-state index contributed by atoms with van der Waals surface area (Å²) in [7, 11) is 0. The van der Waals surface area contributed by atoms with Crippen molar-refractivity contribution in [3.63, 3.8) is 0 Å². The molecule has 1 fully saturated rings. The van der Waals surface area contributed by atoms with Crippen molar-refractivity contribution < 1.29 is 19.1 Å². The van der Waals surface area contributed by atoms with Crippen LogP contribution >= 0.6 is 0 Å². The zero-order valence-electron chi connectivity index (χ0n) is 12.6. The second-order valence-corrected chi connectivity index (χ2v) is 5.65. The average molecular weight is 304 g/mol. The summed E-state index contributed by atoms with van der Waals surface area (Å²) in [5, 5.41) is 2.76. The number of amides is 2. The van der Waals surface area contributed by atoms with Crippen LogP contribution in [0.3, 0.4) is 0 Å². The Hall–Kier alpha value is -2.24. The molecule has 1 atom stereocenters. The number of carbonyl (C=O) groups excluding carboxylic acids is 2. The monoisotopic (exact) mass is 304 g/mol. The molecule has 0 saturated carbocycles. The molecule has 0 spiro atoms. The number of carbonyl (C=O) groups is 2. The van der Waals surface area contributed by atoms with Crippen molar-refractivity contribution in [1.29, 1.82) is 0 Å². The van der Waals surface area contributed by atoms with E-state index < -0.39 is 6.04 Å². The van der Waals surface area contributed by atoms with Crippen LogP contribution in [0.5, 0.6) is 11.5 Å². The number of hydrogen-bond acceptors (Lipinski definition) is 4. The van der Waals surface area contributed by atoms with Crippen molar-refractivity contribution in [2.24, 2.45) is 0 Å². The summed E-state index contributed by atoms with van der Waals surface area (Å²) in [5.41, 5.74) is 0.461. The van der Waals surface area contributed by atoms with Gasteiger partial charge in [0.05, 0.1) is 0 Å². The number of rotatable bonds is 3. The molecule has 1 aromatic rings. The van der Waals surface area contributed by atoms with Gasteiger partial charge in [0.15, 0.2) is 11.5 Å². The Morgan fingerprint density at radius 1 is 1.14 bits per heavy atom. The predicted octanol–water partition coefficient (Wildman–Crippen LogP) is 1.55. The van der Waals surface area contributed by atoms with Crippen LogP contribution in [-0.2, 0) is 4.79 Å². The summed E-state index contributed by atoms with van der Waals surface area (Å²) < 4.78 is 10.5. The Morgan fingerprint density at radius 2 is 1.86 bits per heavy atom. The third kappa shape index (κ3) is 3.00. The molecule has 2 heterocycles. The third-order valence-electron chi connectivity index (χ3n) is 4.02. The van der Waals surface area contributed by atoms with Gasteiger partial charge in [0.2, 0.25) is 12.7 Å². The van der Waals surface area contributed by atoms with E-state index >= 15 is 0 Å². The van der Waals surface area contributed by atoms with Crippen molar-refractivity contribution in [1.82, 2.24) is 10.2 Å². The molecule has 6 heteroatoms. The molecule has 0 unspecified atom stereocenters. The Bertz CT molecular complexity index is 582. The summed E-state index contributed by atoms with van der Waals surface area (Å²) in [6.07, 6.45) is 3.24. The lowest BCUT2D eigenvalue weighted by atomic mass is 10.1. The highest BCUT2D eigenvalue weighted by Gasteiger charge is 2.24. The van der Waals surface area contributed by atoms with E-state index in [4.69, 9.17) is 9.47 Å². The molecule has 0 radical (unpaired) electrons. The van der Waals surface area contributed by atoms with Crippen molar-refractivity contribution in [3.05, 3.63) is 23.8 Å². The van der Waals surface area contributed by atoms with E-state index in [1.807, 2.05) is 4.90 Å². The summed E-state index contributed by atoms with van der Waals surface area (Å²) in [6.45, 7) is 3.46. The first-order valence-corrected chi connectivity index (χ1v) is 7.64. The fourth-order valence-corrected chi connectivity index (χ4v) is 2.77. The standard InChI is InChI=1S/C16H20N2O4/c1-11(16(20)18-7-3-2-4-8-18)17-15(19)12-5-6-13-14(9-12)22-10-21-13/h5-6,9,11H,2-4,7-8,10H2,1H3,(H,17,19)/t11-/m1/s1. The highest BCUT2D eigenvalue weighted by atomic mass is 16.7. The van der Waals surface area contributed by atoms with Crippen LogP contribution in [0.2, 0.25) is 0 Å². The van der Waals surface area contributed by atoms with Gasteiger partial charge in [-0.3, -0.25) is 9.59 Å². The van der Waals surface area contributed by atoms with Crippen molar-refractivity contribution in [2.45, 2.75) is 32.2 Å². The van der Waals surface area contributed by atoms with Crippen LogP contribution in [-0.4, -0.2) is 42.6 Å². The normalized spacial score (nSPS) is 18.0. The highest BCUT2D eigenvalue weighted by Crippen LogP contribution is 2.32. The molecule has 0 bridgehead atoms. The number of benzene rings is 1. The molecule has 0 aliphatic carbocycles. The van der Waals surface area contributed by atoms with Gasteiger partial charge in [0, 0.05) is 18.7 Å². The molecule has 0 aromatic heterocycles. The van der Waals surface area contributed by atoms with Gasteiger partial charge in [-0.25, -0.2) is 0 Å². The zero-order valence-corrected chi connectivity index (χ0v) is 12.6. The topological polar surface area (TPSA) is 67.9 Å². The molecule has 2 aliphatic heterocycles. The molecule has 3 rings (SSSR count). The van der Waals surface area contributed by atoms with Gasteiger partial charge in [0.1, 0.15) is 6.04 Å². The number of nitrogens with one attached hydrogen (secondary N) is 1. The fourth-order valence-electron chi connectivity index (χ4n) is 2.77. The van der Waals surface area contributed by atoms with Crippen molar-refractivity contribution >= 4 is 11.8 Å². The lowest BCUT2D eigenvalue weighted by Gasteiger charge is -2.29. The molecule has 2 aliphatic rings. The Morgan fingerprint density at radius 3 is 2.64 bits per heavy atom. The lowest BCUT2D eigenvalue weighted by Crippen LogP contribution is -2.48. The number of piperidine rings is 1. The van der Waals surface area contributed by atoms with E-state index in [-0.39, 0.29) is 18.6 Å². The molecule has 1 aromatic carbocycles. The Kier molecular flexibility index (Phi) is 4.18. The van der Waals surface area contributed by atoms with Gasteiger partial charge >= 0.3 is 0 Å². The molecule has 1 N–H and O–H groups in total. The summed E-state index contributed by atoms with van der Waals surface area (Å²) in [4.78, 5) is 26.4. The lowest BCUT2D eigenvalue weighted by molar-refractivity contribution is -0.133. The Balaban J connectivity index is 1.62. The van der Waals surface area contributed by atoms with E-state index in [0.29, 0.717) is 17.1 Å². The van der Waals surface area contributed by atoms with Crippen molar-refractivity contribution in [3.8, 4) is 11.5 Å². The van der Waals surface area contributed by atoms with Gasteiger partial charge in [-0.15, -0.1) is 0 Å². The maximum atomic E-state index is 12.3. The summed E-state index contributed by atoms with van der Waals surface area (Å²) in [6, 6.07) is 4.47. The molecule has 118 valence electrons. The molecule has 2 amide bonds. The van der Waals surface area contributed by atoms with Gasteiger partial charge in [-0.2, -0.15) is 0 Å². The number of nitrogens with zero attached hydrogens (tertiary/aromatic N) is 1. The van der Waals surface area contributed by atoms with Gasteiger partial charge < -0.3 is 19.7 Å². The smallest absolute Gasteiger partial charge is 0.252 e. The molecule has 6 nitrogen and oxygen atoms in total. The van der Waals surface area contributed by atoms with Crippen LogP contribution in [0.25, 0.3) is 0 Å². The van der Waals surface area contributed by atoms with E-state index in [0.717, 1.165) is 25.9 Å². The van der Waals surface area contributed by atoms with Crippen LogP contribution in [0.15, 0.2) is 18.2 Å². The van der Waals surface area contributed by atoms with Crippen molar-refractivity contribution in [2.75, 3.05) is 19.9 Å². The minimum absolute atomic E-state index is 0.0196. The van der Waals surface area contributed by atoms with Crippen LogP contribution in [0.1, 0.15) is 36.5 Å². The minimum atomic E-state index is -0.531. The number of hydrogen-bond donors (Lipinski definition) is 1. The molecule has 22 heavy (non-hydrogen) atoms. The number of fused-ring (bicyclic) bond motifs is 1. The van der Waals surface area contributed by atoms with Gasteiger partial charge in [0.25, 0.3) is 5.91 Å². The minimum Gasteiger partial charge on any atom is -0.454 e. The first-order valence-electron chi connectivity index (χ1n) is 7.64. The third-order valence-corrected chi connectivity index (χ3v) is 4.02. The molecule has 1 saturated heterocycles. The molecular weight excluding hydrogens is 284 g/mol. The van der Waals surface area contributed by atoms with Gasteiger partial charge in [-0.1, -0.05) is 0 Å². The molecular formula is C16H20N2O4. The van der Waals surface area contributed by atoms with E-state index in [2.05, 4.69) is 5.32 Å². The van der Waals surface area contributed by atoms with E-state index in [9.17, 15) is 9.59 Å². The maximum Gasteiger partial charge on any atom is 0.252 e. The predicted molar refractivity (Wildman–Crippen MR) is 79.9 cm³/mol. The van der Waals surface area contributed by atoms with Crippen LogP contribution < -0.4 is 14.8 Å². The summed E-state index contributed by atoms with van der Waals surface area (Å²) in [5.74, 6) is 0.890. The van der Waals surface area contributed by atoms with E-state index in [1.54, 1.807) is 25.1 Å². The van der Waals surface area contributed by atoms with E-state index in [1.165, 1.54) is 6.42 Å². The quantitative estimate of drug-likeness (QED) is 0.920. The maximum absolute atomic E-state index is 12.3. The first kappa shape index (κ1) is 14.7. The SMILES string of the molecule is C[C@@H](NC(=O)c1ccc2c(c1)OCO2)C(=O)N1CCCCC1. The number of ether oxygens (including phenoxy) is 2. The first-order chi connectivity index (χ1) is 10.6. The fraction of sp³-hybridized carbons (Fsp3) is 0.500. The Labute approximate surface area is 129 Å². The summed E-state index contributed by atoms with van der Waals surface area (Å²) >= 11 is 0. The van der Waals surface area contributed by atoms with Crippen LogP contribution in [0, 0.1) is 0 Å². The second-order valence-electron chi connectivity index (χ2n) is 5.65.